The van der Waals surface area contributed by atoms with E-state index in [2.05, 4.69) is 34.2 Å². The zero-order valence-corrected chi connectivity index (χ0v) is 9.97. The number of nitrogens with one attached hydrogen (secondary N) is 1. The van der Waals surface area contributed by atoms with E-state index in [4.69, 9.17) is 0 Å². The Labute approximate surface area is 104 Å². The van der Waals surface area contributed by atoms with Gasteiger partial charge < -0.3 is 4.98 Å². The average molecular weight is 236 g/mol. The van der Waals surface area contributed by atoms with E-state index in [1.54, 1.807) is 6.20 Å². The second-order valence-corrected chi connectivity index (χ2v) is 4.26. The molecule has 3 nitrogen and oxygen atoms in total. The van der Waals surface area contributed by atoms with Crippen molar-refractivity contribution < 1.29 is 4.79 Å². The van der Waals surface area contributed by atoms with Crippen LogP contribution in [0.2, 0.25) is 0 Å². The van der Waals surface area contributed by atoms with Crippen LogP contribution < -0.4 is 0 Å². The maximum Gasteiger partial charge on any atom is 0.194 e. The van der Waals surface area contributed by atoms with Gasteiger partial charge in [-0.2, -0.15) is 0 Å². The highest BCUT2D eigenvalue weighted by Crippen LogP contribution is 2.23. The highest BCUT2D eigenvalue weighted by molar-refractivity contribution is 5.91. The number of carbonyl (C=O) groups is 1. The van der Waals surface area contributed by atoms with Crippen LogP contribution in [0.25, 0.3) is 22.0 Å². The summed E-state index contributed by atoms with van der Waals surface area (Å²) in [4.78, 5) is 18.3. The van der Waals surface area contributed by atoms with Crippen LogP contribution in [0.15, 0.2) is 48.7 Å². The number of carbonyl (C=O) groups excluding carboxylic acids is 1. The van der Waals surface area contributed by atoms with Gasteiger partial charge in [0.25, 0.3) is 0 Å². The predicted octanol–water partition coefficient (Wildman–Crippen LogP) is 3.43. The Morgan fingerprint density at radius 1 is 1.11 bits per heavy atom. The molecule has 1 aromatic heterocycles. The Bertz CT molecular complexity index is 728. The van der Waals surface area contributed by atoms with Crippen LogP contribution in [0.5, 0.6) is 0 Å². The molecule has 0 aliphatic rings. The quantitative estimate of drug-likeness (QED) is 0.693. The smallest absolute Gasteiger partial charge is 0.194 e. The van der Waals surface area contributed by atoms with E-state index in [1.165, 1.54) is 17.7 Å². The number of H-pyrrole nitrogens is 1. The largest absolute Gasteiger partial charge is 0.336 e. The molecule has 88 valence electrons. The maximum atomic E-state index is 11.2. The lowest BCUT2D eigenvalue weighted by Crippen LogP contribution is -1.93. The number of fused-ring (bicyclic) bond motifs is 1. The van der Waals surface area contributed by atoms with Gasteiger partial charge in [0.1, 0.15) is 0 Å². The van der Waals surface area contributed by atoms with Gasteiger partial charge in [0.05, 0.1) is 11.9 Å². The van der Waals surface area contributed by atoms with Crippen LogP contribution >= 0.6 is 0 Å². The van der Waals surface area contributed by atoms with Crippen molar-refractivity contribution in [2.45, 2.75) is 6.92 Å². The molecule has 0 fully saturated rings. The van der Waals surface area contributed by atoms with Gasteiger partial charge in [0, 0.05) is 12.5 Å². The minimum absolute atomic E-state index is 0.0537. The lowest BCUT2D eigenvalue weighted by atomic mass is 10.1. The summed E-state index contributed by atoms with van der Waals surface area (Å²) in [6, 6.07) is 14.4. The summed E-state index contributed by atoms with van der Waals surface area (Å²) < 4.78 is 0. The van der Waals surface area contributed by atoms with Crippen molar-refractivity contribution in [2.75, 3.05) is 0 Å². The number of aromatic amines is 1. The SMILES string of the molecule is CC(=O)c1ncc(-c2ccc3ccccc3c2)[nH]1. The van der Waals surface area contributed by atoms with Gasteiger partial charge in [-0.1, -0.05) is 36.4 Å². The van der Waals surface area contributed by atoms with E-state index >= 15 is 0 Å². The van der Waals surface area contributed by atoms with Gasteiger partial charge in [-0.3, -0.25) is 4.79 Å². The Morgan fingerprint density at radius 3 is 2.61 bits per heavy atom. The molecule has 0 radical (unpaired) electrons. The average Bonchev–Trinajstić information content (AvgIpc) is 2.88. The molecule has 0 saturated heterocycles. The van der Waals surface area contributed by atoms with Crippen LogP contribution in [0.3, 0.4) is 0 Å². The third kappa shape index (κ3) is 1.80. The molecule has 0 atom stereocenters. The molecule has 0 spiro atoms. The molecule has 0 saturated carbocycles. The van der Waals surface area contributed by atoms with Crippen LogP contribution in [0.1, 0.15) is 17.5 Å². The van der Waals surface area contributed by atoms with E-state index < -0.39 is 0 Å². The Kier molecular flexibility index (Phi) is 2.45. The fourth-order valence-electron chi connectivity index (χ4n) is 2.00. The Hall–Kier alpha value is -2.42. The summed E-state index contributed by atoms with van der Waals surface area (Å²) in [6.07, 6.45) is 1.70. The van der Waals surface area contributed by atoms with E-state index in [1.807, 2.05) is 18.2 Å². The number of ketones is 1. The van der Waals surface area contributed by atoms with Crippen LogP contribution in [0.4, 0.5) is 0 Å². The molecular weight excluding hydrogens is 224 g/mol. The van der Waals surface area contributed by atoms with Gasteiger partial charge >= 0.3 is 0 Å². The van der Waals surface area contributed by atoms with Gasteiger partial charge in [0.2, 0.25) is 0 Å². The van der Waals surface area contributed by atoms with E-state index in [0.29, 0.717) is 5.82 Å². The zero-order valence-electron chi connectivity index (χ0n) is 9.97. The van der Waals surface area contributed by atoms with Crippen molar-refractivity contribution in [3.05, 3.63) is 54.5 Å². The number of imidazole rings is 1. The molecule has 0 unspecified atom stereocenters. The third-order valence-electron chi connectivity index (χ3n) is 2.97. The monoisotopic (exact) mass is 236 g/mol. The fraction of sp³-hybridized carbons (Fsp3) is 0.0667. The van der Waals surface area contributed by atoms with Crippen LogP contribution in [-0.2, 0) is 0 Å². The van der Waals surface area contributed by atoms with Crippen LogP contribution in [0, 0.1) is 0 Å². The minimum Gasteiger partial charge on any atom is -0.336 e. The summed E-state index contributed by atoms with van der Waals surface area (Å²) in [5.41, 5.74) is 1.90. The molecule has 1 heterocycles. The lowest BCUT2D eigenvalue weighted by Gasteiger charge is -2.01. The number of hydrogen-bond donors (Lipinski definition) is 1. The standard InChI is InChI=1S/C15H12N2O/c1-10(18)15-16-9-14(17-15)13-7-6-11-4-2-3-5-12(11)8-13/h2-9H,1H3,(H,16,17). The summed E-state index contributed by atoms with van der Waals surface area (Å²) in [5, 5.41) is 2.38. The molecule has 18 heavy (non-hydrogen) atoms. The summed E-state index contributed by atoms with van der Waals surface area (Å²) >= 11 is 0. The number of hydrogen-bond acceptors (Lipinski definition) is 2. The Balaban J connectivity index is 2.10. The molecule has 2 aromatic carbocycles. The second-order valence-electron chi connectivity index (χ2n) is 4.26. The normalized spacial score (nSPS) is 10.7. The van der Waals surface area contributed by atoms with Gasteiger partial charge in [-0.15, -0.1) is 0 Å². The minimum atomic E-state index is -0.0537. The first-order valence-electron chi connectivity index (χ1n) is 5.79. The number of Topliss-reactive ketones (excluding diaryl/α,β-unsaturated/α-hetero) is 1. The molecule has 3 aromatic rings. The van der Waals surface area contributed by atoms with Crippen molar-refractivity contribution >= 4 is 16.6 Å². The highest BCUT2D eigenvalue weighted by atomic mass is 16.1. The predicted molar refractivity (Wildman–Crippen MR) is 71.5 cm³/mol. The van der Waals surface area contributed by atoms with Crippen molar-refractivity contribution in [1.29, 1.82) is 0 Å². The van der Waals surface area contributed by atoms with Crippen molar-refractivity contribution in [3.8, 4) is 11.3 Å². The number of aromatic nitrogens is 2. The van der Waals surface area contributed by atoms with Crippen molar-refractivity contribution in [3.63, 3.8) is 0 Å². The first kappa shape index (κ1) is 10.7. The number of benzene rings is 2. The molecule has 0 bridgehead atoms. The highest BCUT2D eigenvalue weighted by Gasteiger charge is 2.06. The van der Waals surface area contributed by atoms with Crippen LogP contribution in [-0.4, -0.2) is 15.8 Å². The molecule has 3 rings (SSSR count). The second kappa shape index (κ2) is 4.11. The fourth-order valence-corrected chi connectivity index (χ4v) is 2.00. The maximum absolute atomic E-state index is 11.2. The summed E-state index contributed by atoms with van der Waals surface area (Å²) in [5.74, 6) is 0.347. The first-order chi connectivity index (χ1) is 8.74. The summed E-state index contributed by atoms with van der Waals surface area (Å²) in [6.45, 7) is 1.50. The lowest BCUT2D eigenvalue weighted by molar-refractivity contribution is 0.100. The van der Waals surface area contributed by atoms with E-state index in [-0.39, 0.29) is 5.78 Å². The third-order valence-corrected chi connectivity index (χ3v) is 2.97. The Morgan fingerprint density at radius 2 is 1.89 bits per heavy atom. The number of nitrogens with zero attached hydrogens (tertiary/aromatic N) is 1. The van der Waals surface area contributed by atoms with E-state index in [9.17, 15) is 4.79 Å². The topological polar surface area (TPSA) is 45.8 Å². The zero-order chi connectivity index (χ0) is 12.5. The molecule has 0 aliphatic carbocycles. The molecule has 1 N–H and O–H groups in total. The molecule has 0 aliphatic heterocycles. The summed E-state index contributed by atoms with van der Waals surface area (Å²) in [7, 11) is 0. The van der Waals surface area contributed by atoms with Gasteiger partial charge in [-0.25, -0.2) is 4.98 Å². The first-order valence-corrected chi connectivity index (χ1v) is 5.79. The van der Waals surface area contributed by atoms with Gasteiger partial charge in [-0.05, 0) is 16.8 Å². The van der Waals surface area contributed by atoms with Crippen molar-refractivity contribution in [2.24, 2.45) is 0 Å². The van der Waals surface area contributed by atoms with Gasteiger partial charge in [0.15, 0.2) is 11.6 Å². The number of rotatable bonds is 2. The van der Waals surface area contributed by atoms with Crippen molar-refractivity contribution in [1.82, 2.24) is 9.97 Å². The molecule has 3 heteroatoms. The molecular formula is C15H12N2O. The molecule has 0 amide bonds. The van der Waals surface area contributed by atoms with E-state index in [0.717, 1.165) is 11.3 Å².